The van der Waals surface area contributed by atoms with Crippen LogP contribution < -0.4 is 16.0 Å². The lowest BCUT2D eigenvalue weighted by Gasteiger charge is -2.32. The number of fused-ring (bicyclic) bond motifs is 1. The number of nitrogens with zero attached hydrogens (tertiary/aromatic N) is 2. The average Bonchev–Trinajstić information content (AvgIpc) is 3.11. The van der Waals surface area contributed by atoms with Crippen molar-refractivity contribution in [1.29, 1.82) is 5.26 Å². The Labute approximate surface area is 175 Å². The van der Waals surface area contributed by atoms with Crippen LogP contribution in [0.4, 0.5) is 21.9 Å². The lowest BCUT2D eigenvalue weighted by molar-refractivity contribution is 0.184. The molecule has 7 nitrogen and oxygen atoms in total. The molecule has 154 valence electrons. The van der Waals surface area contributed by atoms with Gasteiger partial charge in [0, 0.05) is 41.6 Å². The normalized spacial score (nSPS) is 18.5. The van der Waals surface area contributed by atoms with Crippen molar-refractivity contribution in [2.24, 2.45) is 7.05 Å². The lowest BCUT2D eigenvalue weighted by Crippen LogP contribution is -2.48. The summed E-state index contributed by atoms with van der Waals surface area (Å²) in [6, 6.07) is 15.8. The van der Waals surface area contributed by atoms with Crippen molar-refractivity contribution in [3.8, 4) is 6.07 Å². The number of benzene rings is 2. The SMILES string of the molecule is Cn1ccc2c(Nc3cc(N[C@@H]4CCCC[C@@H]4NC(=O)O)ccc3C#N)cccc21. The summed E-state index contributed by atoms with van der Waals surface area (Å²) in [6.07, 6.45) is 4.82. The second-order valence-electron chi connectivity index (χ2n) is 7.75. The molecule has 2 atom stereocenters. The molecule has 0 saturated heterocycles. The van der Waals surface area contributed by atoms with E-state index in [-0.39, 0.29) is 12.1 Å². The third-order valence-electron chi connectivity index (χ3n) is 5.76. The maximum absolute atomic E-state index is 11.1. The summed E-state index contributed by atoms with van der Waals surface area (Å²) in [7, 11) is 2.00. The summed E-state index contributed by atoms with van der Waals surface area (Å²) in [5, 5.41) is 29.3. The Hall–Kier alpha value is -3.66. The van der Waals surface area contributed by atoms with Crippen LogP contribution in [0.3, 0.4) is 0 Å². The zero-order valence-electron chi connectivity index (χ0n) is 16.9. The molecule has 1 heterocycles. The quantitative estimate of drug-likeness (QED) is 0.491. The summed E-state index contributed by atoms with van der Waals surface area (Å²) in [5.74, 6) is 0. The minimum atomic E-state index is -0.994. The van der Waals surface area contributed by atoms with Gasteiger partial charge < -0.3 is 25.6 Å². The number of rotatable bonds is 5. The Bertz CT molecular complexity index is 1110. The van der Waals surface area contributed by atoms with E-state index in [1.807, 2.05) is 37.5 Å². The van der Waals surface area contributed by atoms with E-state index < -0.39 is 6.09 Å². The number of amides is 1. The van der Waals surface area contributed by atoms with Gasteiger partial charge in [-0.05, 0) is 49.2 Å². The number of aromatic nitrogens is 1. The lowest BCUT2D eigenvalue weighted by atomic mass is 9.90. The van der Waals surface area contributed by atoms with E-state index >= 15 is 0 Å². The number of aryl methyl sites for hydroxylation is 1. The molecule has 0 radical (unpaired) electrons. The molecule has 1 amide bonds. The van der Waals surface area contributed by atoms with Gasteiger partial charge in [-0.3, -0.25) is 0 Å². The zero-order valence-corrected chi connectivity index (χ0v) is 16.9. The van der Waals surface area contributed by atoms with Gasteiger partial charge in [0.15, 0.2) is 0 Å². The van der Waals surface area contributed by atoms with Crippen LogP contribution in [0.2, 0.25) is 0 Å². The Morgan fingerprint density at radius 1 is 1.13 bits per heavy atom. The molecule has 0 aliphatic heterocycles. The zero-order chi connectivity index (χ0) is 21.1. The Balaban J connectivity index is 1.60. The first-order chi connectivity index (χ1) is 14.5. The topological polar surface area (TPSA) is 102 Å². The van der Waals surface area contributed by atoms with Crippen LogP contribution in [0, 0.1) is 11.3 Å². The fourth-order valence-corrected chi connectivity index (χ4v) is 4.24. The third-order valence-corrected chi connectivity index (χ3v) is 5.76. The van der Waals surface area contributed by atoms with Crippen LogP contribution in [0.1, 0.15) is 31.2 Å². The molecule has 1 aliphatic rings. The molecule has 1 fully saturated rings. The van der Waals surface area contributed by atoms with Crippen molar-refractivity contribution in [2.75, 3.05) is 10.6 Å². The Morgan fingerprint density at radius 2 is 1.93 bits per heavy atom. The first-order valence-electron chi connectivity index (χ1n) is 10.2. The van der Waals surface area contributed by atoms with Crippen molar-refractivity contribution in [2.45, 2.75) is 37.8 Å². The van der Waals surface area contributed by atoms with Crippen molar-refractivity contribution < 1.29 is 9.90 Å². The van der Waals surface area contributed by atoms with Gasteiger partial charge in [0.25, 0.3) is 0 Å². The van der Waals surface area contributed by atoms with Gasteiger partial charge in [-0.15, -0.1) is 0 Å². The number of hydrogen-bond acceptors (Lipinski definition) is 4. The van der Waals surface area contributed by atoms with Crippen molar-refractivity contribution in [1.82, 2.24) is 9.88 Å². The van der Waals surface area contributed by atoms with Crippen molar-refractivity contribution in [3.63, 3.8) is 0 Å². The molecule has 3 aromatic rings. The average molecular weight is 403 g/mol. The second kappa shape index (κ2) is 8.37. The minimum Gasteiger partial charge on any atom is -0.465 e. The Kier molecular flexibility index (Phi) is 5.48. The van der Waals surface area contributed by atoms with Crippen LogP contribution in [0.5, 0.6) is 0 Å². The van der Waals surface area contributed by atoms with Crippen LogP contribution in [0.25, 0.3) is 10.9 Å². The molecule has 0 bridgehead atoms. The fraction of sp³-hybridized carbons (Fsp3) is 0.304. The van der Waals surface area contributed by atoms with E-state index in [4.69, 9.17) is 5.11 Å². The Morgan fingerprint density at radius 3 is 2.70 bits per heavy atom. The summed E-state index contributed by atoms with van der Waals surface area (Å²) >= 11 is 0. The van der Waals surface area contributed by atoms with Crippen LogP contribution in [-0.2, 0) is 7.05 Å². The predicted octanol–water partition coefficient (Wildman–Crippen LogP) is 4.78. The van der Waals surface area contributed by atoms with Gasteiger partial charge in [-0.25, -0.2) is 4.79 Å². The first-order valence-corrected chi connectivity index (χ1v) is 10.2. The molecule has 1 saturated carbocycles. The maximum Gasteiger partial charge on any atom is 0.404 e. The molecule has 30 heavy (non-hydrogen) atoms. The summed E-state index contributed by atoms with van der Waals surface area (Å²) in [6.45, 7) is 0. The molecular formula is C23H25N5O2. The van der Waals surface area contributed by atoms with Gasteiger partial charge in [-0.2, -0.15) is 5.26 Å². The van der Waals surface area contributed by atoms with E-state index in [1.54, 1.807) is 6.07 Å². The van der Waals surface area contributed by atoms with Gasteiger partial charge >= 0.3 is 6.09 Å². The standard InChI is InChI=1S/C23H25N5O2/c1-28-12-11-17-18(7-4-8-22(17)28)26-21-13-16(10-9-15(21)14-24)25-19-5-2-3-6-20(19)27-23(29)30/h4,7-13,19-20,25-27H,2-3,5-6H2,1H3,(H,29,30)/t19-,20+/m1/s1. The first kappa shape index (κ1) is 19.6. The van der Waals surface area contributed by atoms with Crippen LogP contribution in [-0.4, -0.2) is 27.9 Å². The van der Waals surface area contributed by atoms with Crippen molar-refractivity contribution in [3.05, 3.63) is 54.2 Å². The highest BCUT2D eigenvalue weighted by molar-refractivity contribution is 5.94. The summed E-state index contributed by atoms with van der Waals surface area (Å²) in [5.41, 5.74) is 4.18. The number of carboxylic acid groups (broad SMARTS) is 1. The second-order valence-corrected chi connectivity index (χ2v) is 7.75. The molecule has 0 spiro atoms. The molecule has 1 aliphatic carbocycles. The monoisotopic (exact) mass is 403 g/mol. The number of carbonyl (C=O) groups is 1. The van der Waals surface area contributed by atoms with Gasteiger partial charge in [-0.1, -0.05) is 18.9 Å². The predicted molar refractivity (Wildman–Crippen MR) is 118 cm³/mol. The molecular weight excluding hydrogens is 378 g/mol. The van der Waals surface area contributed by atoms with E-state index in [9.17, 15) is 10.1 Å². The van der Waals surface area contributed by atoms with E-state index in [0.29, 0.717) is 5.56 Å². The van der Waals surface area contributed by atoms with E-state index in [2.05, 4.69) is 38.7 Å². The van der Waals surface area contributed by atoms with E-state index in [1.165, 1.54) is 0 Å². The van der Waals surface area contributed by atoms with Crippen LogP contribution >= 0.6 is 0 Å². The van der Waals surface area contributed by atoms with Crippen LogP contribution in [0.15, 0.2) is 48.7 Å². The fourth-order valence-electron chi connectivity index (χ4n) is 4.24. The number of anilines is 3. The van der Waals surface area contributed by atoms with Crippen molar-refractivity contribution >= 4 is 34.1 Å². The number of hydrogen-bond donors (Lipinski definition) is 4. The molecule has 4 N–H and O–H groups in total. The van der Waals surface area contributed by atoms with E-state index in [0.717, 1.165) is 53.6 Å². The van der Waals surface area contributed by atoms with Gasteiger partial charge in [0.05, 0.1) is 17.3 Å². The molecule has 4 rings (SSSR count). The largest absolute Gasteiger partial charge is 0.465 e. The highest BCUT2D eigenvalue weighted by Gasteiger charge is 2.26. The molecule has 2 aromatic carbocycles. The summed E-state index contributed by atoms with van der Waals surface area (Å²) in [4.78, 5) is 11.1. The number of nitriles is 1. The summed E-state index contributed by atoms with van der Waals surface area (Å²) < 4.78 is 2.06. The molecule has 0 unspecified atom stereocenters. The van der Waals surface area contributed by atoms with Gasteiger partial charge in [0.1, 0.15) is 6.07 Å². The number of nitrogens with one attached hydrogen (secondary N) is 3. The smallest absolute Gasteiger partial charge is 0.404 e. The molecule has 1 aromatic heterocycles. The highest BCUT2D eigenvalue weighted by Crippen LogP contribution is 2.31. The maximum atomic E-state index is 11.1. The van der Waals surface area contributed by atoms with Gasteiger partial charge in [0.2, 0.25) is 0 Å². The molecule has 7 heteroatoms. The highest BCUT2D eigenvalue weighted by atomic mass is 16.4. The minimum absolute atomic E-state index is 0.0215. The third kappa shape index (κ3) is 4.03.